The van der Waals surface area contributed by atoms with Gasteiger partial charge in [-0.3, -0.25) is 23.9 Å². The zero-order valence-corrected chi connectivity index (χ0v) is 19.7. The Morgan fingerprint density at radius 1 is 1.09 bits per heavy atom. The van der Waals surface area contributed by atoms with Gasteiger partial charge in [-0.1, -0.05) is 62.2 Å². The van der Waals surface area contributed by atoms with Gasteiger partial charge in [-0.05, 0) is 37.6 Å². The number of hydrogen-bond acceptors (Lipinski definition) is 5. The molecule has 1 unspecified atom stereocenters. The van der Waals surface area contributed by atoms with Crippen LogP contribution in [0.5, 0.6) is 0 Å². The van der Waals surface area contributed by atoms with Crippen molar-refractivity contribution >= 4 is 45.9 Å². The Balaban J connectivity index is 1.63. The summed E-state index contributed by atoms with van der Waals surface area (Å²) in [4.78, 5) is 45.0. The smallest absolute Gasteiger partial charge is 0.262 e. The first kappa shape index (κ1) is 23.0. The predicted molar refractivity (Wildman–Crippen MR) is 133 cm³/mol. The van der Waals surface area contributed by atoms with E-state index in [0.717, 1.165) is 25.7 Å². The number of benzene rings is 2. The average molecular weight is 465 g/mol. The van der Waals surface area contributed by atoms with E-state index in [9.17, 15) is 14.4 Å². The maximum absolute atomic E-state index is 13.4. The first-order valence-electron chi connectivity index (χ1n) is 11.4. The zero-order valence-electron chi connectivity index (χ0n) is 18.9. The third-order valence-corrected chi connectivity index (χ3v) is 6.81. The predicted octanol–water partition coefficient (Wildman–Crippen LogP) is 4.44. The van der Waals surface area contributed by atoms with E-state index in [2.05, 4.69) is 12.2 Å². The molecular formula is C25H28N4O3S. The molecule has 33 heavy (non-hydrogen) atoms. The molecule has 3 aromatic rings. The zero-order chi connectivity index (χ0) is 23.4. The van der Waals surface area contributed by atoms with Gasteiger partial charge in [-0.2, -0.15) is 0 Å². The first-order valence-corrected chi connectivity index (χ1v) is 12.2. The molecule has 0 bridgehead atoms. The minimum atomic E-state index is -0.529. The summed E-state index contributed by atoms with van der Waals surface area (Å²) < 4.78 is 1.70. The van der Waals surface area contributed by atoms with Crippen molar-refractivity contribution in [1.82, 2.24) is 9.55 Å². The minimum Gasteiger partial charge on any atom is -0.323 e. The summed E-state index contributed by atoms with van der Waals surface area (Å²) >= 11 is 1.27. The molecule has 0 radical (unpaired) electrons. The summed E-state index contributed by atoms with van der Waals surface area (Å²) in [5.41, 5.74) is 1.84. The third-order valence-electron chi connectivity index (χ3n) is 5.73. The minimum absolute atomic E-state index is 0.0320. The summed E-state index contributed by atoms with van der Waals surface area (Å²) in [7, 11) is 0. The number of amides is 2. The second-order valence-corrected chi connectivity index (χ2v) is 9.49. The van der Waals surface area contributed by atoms with Crippen LogP contribution in [-0.2, 0) is 16.1 Å². The Bertz CT molecular complexity index is 1240. The van der Waals surface area contributed by atoms with Gasteiger partial charge in [0.05, 0.1) is 27.5 Å². The Morgan fingerprint density at radius 2 is 1.85 bits per heavy atom. The molecule has 1 aliphatic heterocycles. The molecule has 1 N–H and O–H groups in total. The molecule has 0 aliphatic carbocycles. The molecule has 1 aliphatic rings. The quantitative estimate of drug-likeness (QED) is 0.303. The van der Waals surface area contributed by atoms with E-state index >= 15 is 0 Å². The van der Waals surface area contributed by atoms with Gasteiger partial charge in [0.1, 0.15) is 6.54 Å². The van der Waals surface area contributed by atoms with Crippen LogP contribution >= 0.6 is 11.8 Å². The summed E-state index contributed by atoms with van der Waals surface area (Å²) in [6.07, 6.45) is 4.14. The fourth-order valence-electron chi connectivity index (χ4n) is 3.99. The van der Waals surface area contributed by atoms with Crippen molar-refractivity contribution in [1.29, 1.82) is 0 Å². The van der Waals surface area contributed by atoms with Crippen LogP contribution < -0.4 is 15.8 Å². The molecule has 7 nitrogen and oxygen atoms in total. The number of anilines is 2. The molecule has 4 rings (SSSR count). The number of para-hydroxylation sites is 3. The molecule has 1 atom stereocenters. The van der Waals surface area contributed by atoms with Crippen molar-refractivity contribution in [3.05, 3.63) is 58.9 Å². The normalized spacial score (nSPS) is 14.1. The lowest BCUT2D eigenvalue weighted by Crippen LogP contribution is -2.45. The number of aromatic nitrogens is 2. The summed E-state index contributed by atoms with van der Waals surface area (Å²) in [5, 5.41) is 3.39. The summed E-state index contributed by atoms with van der Waals surface area (Å²) in [5.74, 6) is -0.418. The number of thioether (sulfide) groups is 1. The number of carbonyl (C=O) groups excluding carboxylic acids is 2. The summed E-state index contributed by atoms with van der Waals surface area (Å²) in [6, 6.07) is 14.6. The third kappa shape index (κ3) is 4.95. The van der Waals surface area contributed by atoms with E-state index in [1.54, 1.807) is 23.6 Å². The van der Waals surface area contributed by atoms with E-state index in [4.69, 9.17) is 4.98 Å². The van der Waals surface area contributed by atoms with Crippen LogP contribution in [0.2, 0.25) is 0 Å². The van der Waals surface area contributed by atoms with E-state index in [-0.39, 0.29) is 23.9 Å². The standard InChI is InChI=1S/C25H28N4O3S/c1-3-4-5-10-15-28-24(32)18-11-6-7-12-19(18)27-25(28)33-17(2)23(31)29-16-22(30)26-20-13-8-9-14-21(20)29/h6-9,11-14,17H,3-5,10,15-16H2,1-2H3,(H,26,30). The Hall–Kier alpha value is -3.13. The van der Waals surface area contributed by atoms with Gasteiger partial charge in [0, 0.05) is 6.54 Å². The van der Waals surface area contributed by atoms with Gasteiger partial charge >= 0.3 is 0 Å². The number of hydrogen-bond donors (Lipinski definition) is 1. The van der Waals surface area contributed by atoms with Gasteiger partial charge in [-0.25, -0.2) is 4.98 Å². The molecule has 0 saturated carbocycles. The van der Waals surface area contributed by atoms with Crippen LogP contribution in [0.3, 0.4) is 0 Å². The lowest BCUT2D eigenvalue weighted by Gasteiger charge is -2.31. The molecule has 0 saturated heterocycles. The van der Waals surface area contributed by atoms with E-state index < -0.39 is 5.25 Å². The number of nitrogens with one attached hydrogen (secondary N) is 1. The number of nitrogens with zero attached hydrogens (tertiary/aromatic N) is 3. The average Bonchev–Trinajstić information content (AvgIpc) is 2.82. The van der Waals surface area contributed by atoms with E-state index in [1.165, 1.54) is 16.7 Å². The molecule has 172 valence electrons. The van der Waals surface area contributed by atoms with Crippen LogP contribution in [-0.4, -0.2) is 33.2 Å². The summed E-state index contributed by atoms with van der Waals surface area (Å²) in [6.45, 7) is 4.48. The van der Waals surface area contributed by atoms with E-state index in [1.807, 2.05) is 36.4 Å². The Kier molecular flexibility index (Phi) is 7.13. The molecule has 8 heteroatoms. The molecule has 2 aromatic carbocycles. The SMILES string of the molecule is CCCCCCn1c(SC(C)C(=O)N2CC(=O)Nc3ccccc32)nc2ccccc2c1=O. The first-order chi connectivity index (χ1) is 16.0. The number of fused-ring (bicyclic) bond motifs is 2. The molecule has 0 fully saturated rings. The van der Waals surface area contributed by atoms with E-state index in [0.29, 0.717) is 34.0 Å². The lowest BCUT2D eigenvalue weighted by atomic mass is 10.2. The van der Waals surface area contributed by atoms with Gasteiger partial charge in [0.2, 0.25) is 11.8 Å². The molecule has 2 amide bonds. The maximum atomic E-state index is 13.4. The highest BCUT2D eigenvalue weighted by molar-refractivity contribution is 8.00. The fraction of sp³-hybridized carbons (Fsp3) is 0.360. The van der Waals surface area contributed by atoms with Gasteiger partial charge in [0.25, 0.3) is 5.56 Å². The van der Waals surface area contributed by atoms with Crippen molar-refractivity contribution in [3.8, 4) is 0 Å². The molecule has 0 spiro atoms. The number of rotatable bonds is 8. The van der Waals surface area contributed by atoms with Crippen LogP contribution in [0.25, 0.3) is 10.9 Å². The molecule has 1 aromatic heterocycles. The fourth-order valence-corrected chi connectivity index (χ4v) is 4.99. The van der Waals surface area contributed by atoms with Gasteiger partial charge < -0.3 is 5.32 Å². The van der Waals surface area contributed by atoms with Crippen molar-refractivity contribution in [2.45, 2.75) is 56.5 Å². The van der Waals surface area contributed by atoms with Crippen LogP contribution in [0, 0.1) is 0 Å². The van der Waals surface area contributed by atoms with Crippen LogP contribution in [0.15, 0.2) is 58.5 Å². The second-order valence-electron chi connectivity index (χ2n) is 8.18. The highest BCUT2D eigenvalue weighted by atomic mass is 32.2. The van der Waals surface area contributed by atoms with Crippen LogP contribution in [0.4, 0.5) is 11.4 Å². The van der Waals surface area contributed by atoms with Crippen LogP contribution in [0.1, 0.15) is 39.5 Å². The lowest BCUT2D eigenvalue weighted by molar-refractivity contribution is -0.121. The van der Waals surface area contributed by atoms with Crippen molar-refractivity contribution < 1.29 is 9.59 Å². The van der Waals surface area contributed by atoms with Gasteiger partial charge in [0.15, 0.2) is 5.16 Å². The highest BCUT2D eigenvalue weighted by Gasteiger charge is 2.31. The van der Waals surface area contributed by atoms with Crippen molar-refractivity contribution in [3.63, 3.8) is 0 Å². The second kappa shape index (κ2) is 10.2. The Labute approximate surface area is 197 Å². The highest BCUT2D eigenvalue weighted by Crippen LogP contribution is 2.32. The van der Waals surface area contributed by atoms with Gasteiger partial charge in [-0.15, -0.1) is 0 Å². The molecular weight excluding hydrogens is 436 g/mol. The van der Waals surface area contributed by atoms with Crippen molar-refractivity contribution in [2.24, 2.45) is 0 Å². The number of unbranched alkanes of at least 4 members (excludes halogenated alkanes) is 3. The maximum Gasteiger partial charge on any atom is 0.262 e. The number of carbonyl (C=O) groups is 2. The topological polar surface area (TPSA) is 84.3 Å². The van der Waals surface area contributed by atoms with Crippen molar-refractivity contribution in [2.75, 3.05) is 16.8 Å². The largest absolute Gasteiger partial charge is 0.323 e. The monoisotopic (exact) mass is 464 g/mol. The Morgan fingerprint density at radius 3 is 2.67 bits per heavy atom. The molecule has 2 heterocycles.